The first-order valence-corrected chi connectivity index (χ1v) is 7.03. The minimum Gasteiger partial charge on any atom is -0.341 e. The van der Waals surface area contributed by atoms with Crippen LogP contribution in [-0.4, -0.2) is 36.1 Å². The summed E-state index contributed by atoms with van der Waals surface area (Å²) >= 11 is 0. The monoisotopic (exact) mass is 300 g/mol. The van der Waals surface area contributed by atoms with Crippen LogP contribution in [0.4, 0.5) is 13.2 Å². The number of alkyl halides is 3. The minimum atomic E-state index is -4.25. The second-order valence-electron chi connectivity index (χ2n) is 5.46. The molecule has 1 amide bonds. The Hall–Kier alpha value is -1.56. The molecule has 21 heavy (non-hydrogen) atoms. The lowest BCUT2D eigenvalue weighted by molar-refractivity contribution is -0.188. The van der Waals surface area contributed by atoms with Gasteiger partial charge in [0.25, 0.3) is 0 Å². The molecule has 0 aromatic heterocycles. The number of nitrogens with zero attached hydrogens (tertiary/aromatic N) is 1. The molecule has 3 nitrogen and oxygen atoms in total. The summed E-state index contributed by atoms with van der Waals surface area (Å²) in [5.41, 5.74) is 6.77. The van der Waals surface area contributed by atoms with Crippen LogP contribution in [0.5, 0.6) is 0 Å². The molecule has 2 N–H and O–H groups in total. The van der Waals surface area contributed by atoms with E-state index in [0.717, 1.165) is 5.56 Å². The topological polar surface area (TPSA) is 46.3 Å². The van der Waals surface area contributed by atoms with E-state index in [4.69, 9.17) is 5.73 Å². The van der Waals surface area contributed by atoms with Crippen molar-refractivity contribution in [2.24, 2.45) is 11.7 Å². The number of carbonyl (C=O) groups excluding carboxylic acids is 1. The summed E-state index contributed by atoms with van der Waals surface area (Å²) in [4.78, 5) is 13.5. The molecular weight excluding hydrogens is 281 g/mol. The van der Waals surface area contributed by atoms with Gasteiger partial charge in [0, 0.05) is 13.1 Å². The highest BCUT2D eigenvalue weighted by molar-refractivity contribution is 5.82. The van der Waals surface area contributed by atoms with Gasteiger partial charge in [-0.3, -0.25) is 4.79 Å². The third-order valence-corrected chi connectivity index (χ3v) is 3.81. The van der Waals surface area contributed by atoms with Gasteiger partial charge in [0.15, 0.2) is 0 Å². The third-order valence-electron chi connectivity index (χ3n) is 3.81. The molecule has 2 rings (SSSR count). The number of amides is 1. The molecule has 1 aromatic rings. The Bertz CT molecular complexity index is 476. The van der Waals surface area contributed by atoms with E-state index in [1.807, 2.05) is 30.3 Å². The summed E-state index contributed by atoms with van der Waals surface area (Å²) in [5, 5.41) is 0. The molecule has 1 fully saturated rings. The second kappa shape index (κ2) is 6.47. The summed E-state index contributed by atoms with van der Waals surface area (Å²) in [6, 6.07) is 8.44. The largest absolute Gasteiger partial charge is 0.393 e. The molecule has 0 saturated carbocycles. The van der Waals surface area contributed by atoms with Crippen LogP contribution in [0.1, 0.15) is 18.4 Å². The summed E-state index contributed by atoms with van der Waals surface area (Å²) in [5.74, 6) is -1.83. The SMILES string of the molecule is N[C@@H](Cc1ccccc1)C(=O)N1CCCC(C(F)(F)F)C1. The number of piperidine rings is 1. The predicted octanol–water partition coefficient (Wildman–Crippen LogP) is 2.36. The van der Waals surface area contributed by atoms with Gasteiger partial charge in [0.1, 0.15) is 0 Å². The van der Waals surface area contributed by atoms with Gasteiger partial charge in [-0.05, 0) is 24.8 Å². The van der Waals surface area contributed by atoms with Crippen molar-refractivity contribution < 1.29 is 18.0 Å². The zero-order valence-corrected chi connectivity index (χ0v) is 11.6. The first-order chi connectivity index (χ1) is 9.88. The fraction of sp³-hybridized carbons (Fsp3) is 0.533. The van der Waals surface area contributed by atoms with Gasteiger partial charge in [-0.1, -0.05) is 30.3 Å². The molecule has 0 bridgehead atoms. The van der Waals surface area contributed by atoms with Gasteiger partial charge in [-0.15, -0.1) is 0 Å². The number of carbonyl (C=O) groups is 1. The zero-order chi connectivity index (χ0) is 15.5. The molecule has 1 saturated heterocycles. The molecular formula is C15H19F3N2O. The smallest absolute Gasteiger partial charge is 0.341 e. The Balaban J connectivity index is 1.96. The van der Waals surface area contributed by atoms with Crippen molar-refractivity contribution >= 4 is 5.91 Å². The lowest BCUT2D eigenvalue weighted by Gasteiger charge is -2.35. The molecule has 6 heteroatoms. The first kappa shape index (κ1) is 15.8. The number of halogens is 3. The molecule has 0 aliphatic carbocycles. The van der Waals surface area contributed by atoms with Gasteiger partial charge < -0.3 is 10.6 Å². The molecule has 1 heterocycles. The van der Waals surface area contributed by atoms with Gasteiger partial charge >= 0.3 is 6.18 Å². The van der Waals surface area contributed by atoms with Gasteiger partial charge in [0.05, 0.1) is 12.0 Å². The molecule has 1 aliphatic rings. The number of hydrogen-bond donors (Lipinski definition) is 1. The lowest BCUT2D eigenvalue weighted by Crippen LogP contribution is -2.51. The molecule has 116 valence electrons. The Morgan fingerprint density at radius 1 is 1.33 bits per heavy atom. The van der Waals surface area contributed by atoms with Crippen LogP contribution in [-0.2, 0) is 11.2 Å². The number of benzene rings is 1. The van der Waals surface area contributed by atoms with Crippen LogP contribution < -0.4 is 5.73 Å². The van der Waals surface area contributed by atoms with E-state index < -0.39 is 24.0 Å². The van der Waals surface area contributed by atoms with Crippen LogP contribution in [0.2, 0.25) is 0 Å². The van der Waals surface area contributed by atoms with Gasteiger partial charge in [-0.2, -0.15) is 13.2 Å². The summed E-state index contributed by atoms with van der Waals surface area (Å²) in [7, 11) is 0. The highest BCUT2D eigenvalue weighted by Gasteiger charge is 2.43. The molecule has 1 aliphatic heterocycles. The maximum absolute atomic E-state index is 12.8. The number of likely N-dealkylation sites (tertiary alicyclic amines) is 1. The van der Waals surface area contributed by atoms with Crippen molar-refractivity contribution in [3.05, 3.63) is 35.9 Å². The van der Waals surface area contributed by atoms with Gasteiger partial charge in [-0.25, -0.2) is 0 Å². The maximum Gasteiger partial charge on any atom is 0.393 e. The van der Waals surface area contributed by atoms with Crippen molar-refractivity contribution in [3.63, 3.8) is 0 Å². The van der Waals surface area contributed by atoms with Crippen LogP contribution in [0.25, 0.3) is 0 Å². The normalized spacial score (nSPS) is 21.1. The first-order valence-electron chi connectivity index (χ1n) is 7.03. The van der Waals surface area contributed by atoms with E-state index >= 15 is 0 Å². The van der Waals surface area contributed by atoms with E-state index in [0.29, 0.717) is 19.4 Å². The van der Waals surface area contributed by atoms with Crippen molar-refractivity contribution in [3.8, 4) is 0 Å². The number of hydrogen-bond acceptors (Lipinski definition) is 2. The Kier molecular flexibility index (Phi) is 4.88. The molecule has 1 unspecified atom stereocenters. The molecule has 0 radical (unpaired) electrons. The summed E-state index contributed by atoms with van der Waals surface area (Å²) in [6.07, 6.45) is -3.45. The second-order valence-corrected chi connectivity index (χ2v) is 5.46. The van der Waals surface area contributed by atoms with E-state index in [-0.39, 0.29) is 13.0 Å². The van der Waals surface area contributed by atoms with E-state index in [1.54, 1.807) is 0 Å². The van der Waals surface area contributed by atoms with E-state index in [2.05, 4.69) is 0 Å². The van der Waals surface area contributed by atoms with Crippen LogP contribution in [0, 0.1) is 5.92 Å². The average Bonchev–Trinajstić information content (AvgIpc) is 2.46. The highest BCUT2D eigenvalue weighted by Crippen LogP contribution is 2.33. The van der Waals surface area contributed by atoms with E-state index in [9.17, 15) is 18.0 Å². The van der Waals surface area contributed by atoms with Crippen molar-refractivity contribution in [2.45, 2.75) is 31.5 Å². The van der Waals surface area contributed by atoms with Crippen molar-refractivity contribution in [2.75, 3.05) is 13.1 Å². The fourth-order valence-corrected chi connectivity index (χ4v) is 2.63. The van der Waals surface area contributed by atoms with Crippen molar-refractivity contribution in [1.82, 2.24) is 4.90 Å². The van der Waals surface area contributed by atoms with Crippen LogP contribution in [0.15, 0.2) is 30.3 Å². The van der Waals surface area contributed by atoms with Crippen LogP contribution >= 0.6 is 0 Å². The summed E-state index contributed by atoms with van der Waals surface area (Å²) < 4.78 is 38.3. The Morgan fingerprint density at radius 2 is 2.00 bits per heavy atom. The van der Waals surface area contributed by atoms with Crippen molar-refractivity contribution in [1.29, 1.82) is 0 Å². The lowest BCUT2D eigenvalue weighted by atomic mass is 9.96. The molecule has 2 atom stereocenters. The standard InChI is InChI=1S/C15H19F3N2O/c16-15(17,18)12-7-4-8-20(10-12)14(21)13(19)9-11-5-2-1-3-6-11/h1-3,5-6,12-13H,4,7-10,19H2/t12?,13-/m0/s1. The molecule has 1 aromatic carbocycles. The average molecular weight is 300 g/mol. The highest BCUT2D eigenvalue weighted by atomic mass is 19.4. The quantitative estimate of drug-likeness (QED) is 0.931. The Labute approximate surface area is 121 Å². The predicted molar refractivity (Wildman–Crippen MR) is 73.5 cm³/mol. The number of nitrogens with two attached hydrogens (primary N) is 1. The maximum atomic E-state index is 12.8. The third kappa shape index (κ3) is 4.20. The van der Waals surface area contributed by atoms with E-state index in [1.165, 1.54) is 4.90 Å². The fourth-order valence-electron chi connectivity index (χ4n) is 2.63. The minimum absolute atomic E-state index is 0.0845. The molecule has 0 spiro atoms. The Morgan fingerprint density at radius 3 is 2.62 bits per heavy atom. The van der Waals surface area contributed by atoms with Crippen LogP contribution in [0.3, 0.4) is 0 Å². The number of rotatable bonds is 3. The van der Waals surface area contributed by atoms with Gasteiger partial charge in [0.2, 0.25) is 5.91 Å². The zero-order valence-electron chi connectivity index (χ0n) is 11.6. The summed E-state index contributed by atoms with van der Waals surface area (Å²) in [6.45, 7) is 0.0821.